The minimum atomic E-state index is 0.234. The number of halogens is 2. The zero-order valence-corrected chi connectivity index (χ0v) is 81.2. The molecule has 0 aliphatic carbocycles. The number of phenolic OH excluding ortho intramolecular Hbond substituents is 1. The van der Waals surface area contributed by atoms with Crippen LogP contribution in [-0.4, -0.2) is 92.8 Å². The summed E-state index contributed by atoms with van der Waals surface area (Å²) in [6, 6.07) is 134. The Morgan fingerprint density at radius 3 is 0.781 bits per heavy atom. The average molecular weight is 1840 g/mol. The minimum absolute atomic E-state index is 0.234. The van der Waals surface area contributed by atoms with E-state index in [1.54, 1.807) is 34.5 Å². The summed E-state index contributed by atoms with van der Waals surface area (Å²) in [6.07, 6.45) is 0. The van der Waals surface area contributed by atoms with Crippen LogP contribution in [0.25, 0.3) is 135 Å². The van der Waals surface area contributed by atoms with E-state index in [0.29, 0.717) is 33.0 Å². The minimum Gasteiger partial charge on any atom is -0.507 e. The molecule has 4 heterocycles. The van der Waals surface area contributed by atoms with Gasteiger partial charge in [-0.05, 0) is 282 Å². The molecule has 0 saturated heterocycles. The number of phenols is 1. The van der Waals surface area contributed by atoms with Crippen LogP contribution in [0.1, 0.15) is 52.7 Å². The van der Waals surface area contributed by atoms with Crippen molar-refractivity contribution in [2.24, 2.45) is 0 Å². The van der Waals surface area contributed by atoms with Gasteiger partial charge in [0.1, 0.15) is 28.7 Å². The van der Waals surface area contributed by atoms with E-state index in [9.17, 15) is 5.11 Å². The van der Waals surface area contributed by atoms with Gasteiger partial charge in [0.25, 0.3) is 0 Å². The van der Waals surface area contributed by atoms with Gasteiger partial charge < -0.3 is 43.7 Å². The largest absolute Gasteiger partial charge is 0.507 e. The second kappa shape index (κ2) is 46.4. The van der Waals surface area contributed by atoms with E-state index in [0.717, 1.165) is 180 Å². The van der Waals surface area contributed by atoms with Crippen LogP contribution in [0.2, 0.25) is 10.0 Å². The number of benzene rings is 14. The van der Waals surface area contributed by atoms with Crippen LogP contribution in [0.5, 0.6) is 28.7 Å². The first kappa shape index (κ1) is 96.0. The Bertz CT molecular complexity index is 6540. The Morgan fingerprint density at radius 1 is 0.226 bits per heavy atom. The van der Waals surface area contributed by atoms with E-state index in [1.807, 2.05) is 140 Å². The molecule has 13 nitrogen and oxygen atoms in total. The predicted molar refractivity (Wildman–Crippen MR) is 575 cm³/mol. The molecule has 1 N–H and O–H groups in total. The van der Waals surface area contributed by atoms with E-state index >= 15 is 0 Å². The molecule has 0 unspecified atom stereocenters. The summed E-state index contributed by atoms with van der Waals surface area (Å²) < 4.78 is 22.4. The Hall–Kier alpha value is -15.5. The van der Waals surface area contributed by atoms with Crippen LogP contribution in [0.4, 0.5) is 34.1 Å². The summed E-state index contributed by atoms with van der Waals surface area (Å²) >= 11 is 12.2. The SMILES string of the molecule is CCN(CC)c1ccc(-c2cc(-c3ccc(C)cc3)nc(-c3ccc(C)cc3)c2)cc1.CCN(CC)c1ccc(-c2cc(-c3ccc(Cl)cc3)nc(-c3ccc(Cl)cc3)c2)cc1.CCN(CC)c1ccc(-c2cc(-c3ccccc3)nc(-c3ccccc3O)c2)cc1.COc1ccc(-c2cc(-c3ccc(N(c4ccccc4)c4ccccc4)cc3)cc(-c3ccc(OC)cc3OC)n2)c(OC)c1. The number of hydrogen-bond acceptors (Lipinski definition) is 13. The maximum Gasteiger partial charge on any atom is 0.131 e. The fourth-order valence-corrected chi connectivity index (χ4v) is 17.0. The Kier molecular flexibility index (Phi) is 32.5. The number of para-hydroxylation sites is 3. The van der Waals surface area contributed by atoms with Crippen molar-refractivity contribution in [1.29, 1.82) is 0 Å². The molecular weight excluding hydrogens is 1730 g/mol. The predicted octanol–water partition coefficient (Wildman–Crippen LogP) is 32.0. The molecule has 15 heteroatoms. The van der Waals surface area contributed by atoms with Crippen molar-refractivity contribution in [3.63, 3.8) is 0 Å². The Labute approximate surface area is 817 Å². The van der Waals surface area contributed by atoms with Crippen LogP contribution in [0.3, 0.4) is 0 Å². The molecule has 0 aliphatic heterocycles. The topological polar surface area (TPSA) is 122 Å². The standard InChI is InChI=1S/C39H34N2O4.C29H30N2.C27H24Cl2N2.C27H26N2O/c1-42-32-19-21-34(38(25-32)44-3)36-23-28(24-37(40-36)35-22-20-33(43-2)26-39(35)45-4)27-15-17-31(18-16-27)41(29-11-7-5-8-12-29)30-13-9-6-10-14-30;1-5-31(6-2)27-17-15-23(16-18-27)26-19-28(24-11-7-21(3)8-12-24)30-29(20-26)25-13-9-22(4)10-14-25;1-3-31(4-2)25-15-9-19(10-16-25)22-17-26(20-5-11-23(28)12-6-20)30-27(18-22)21-7-13-24(29)14-8-21;1-3-29(4-2)23-16-14-20(15-17-23)22-18-25(21-10-6-5-7-11-21)28-26(19-22)24-12-8-9-13-27(24)30/h5-26H,1-4H3;7-20H,5-6H2,1-4H3;5-18H,3-4H2,1-2H3;5-19,30H,3-4H2,1-2H3. The highest BCUT2D eigenvalue weighted by Crippen LogP contribution is 2.44. The van der Waals surface area contributed by atoms with Crippen molar-refractivity contribution in [1.82, 2.24) is 19.9 Å². The van der Waals surface area contributed by atoms with Crippen LogP contribution in [-0.2, 0) is 0 Å². The number of aromatic hydroxyl groups is 1. The molecule has 137 heavy (non-hydrogen) atoms. The fraction of sp³-hybridized carbons (Fsp3) is 0.148. The summed E-state index contributed by atoms with van der Waals surface area (Å²) in [5.74, 6) is 2.99. The Morgan fingerprint density at radius 2 is 0.474 bits per heavy atom. The highest BCUT2D eigenvalue weighted by Gasteiger charge is 2.21. The van der Waals surface area contributed by atoms with Crippen LogP contribution < -0.4 is 38.5 Å². The number of methoxy groups -OCH3 is 4. The van der Waals surface area contributed by atoms with E-state index in [1.165, 1.54) is 39.3 Å². The van der Waals surface area contributed by atoms with Crippen molar-refractivity contribution < 1.29 is 24.1 Å². The quantitative estimate of drug-likeness (QED) is 0.0501. The lowest BCUT2D eigenvalue weighted by atomic mass is 9.98. The molecule has 0 amide bonds. The van der Waals surface area contributed by atoms with Crippen molar-refractivity contribution in [3.8, 4) is 163 Å². The summed E-state index contributed by atoms with van der Waals surface area (Å²) in [5, 5.41) is 11.8. The highest BCUT2D eigenvalue weighted by molar-refractivity contribution is 6.31. The number of ether oxygens (including phenoxy) is 4. The van der Waals surface area contributed by atoms with Crippen molar-refractivity contribution in [2.75, 3.05) is 87.3 Å². The number of rotatable bonds is 28. The van der Waals surface area contributed by atoms with Gasteiger partial charge in [0, 0.05) is 140 Å². The van der Waals surface area contributed by atoms with Crippen LogP contribution >= 0.6 is 23.2 Å². The van der Waals surface area contributed by atoms with Crippen LogP contribution in [0, 0.1) is 13.8 Å². The first-order valence-corrected chi connectivity index (χ1v) is 47.3. The number of nitrogens with zero attached hydrogens (tertiary/aromatic N) is 8. The van der Waals surface area contributed by atoms with Gasteiger partial charge in [-0.15, -0.1) is 0 Å². The number of pyridine rings is 4. The van der Waals surface area contributed by atoms with Crippen molar-refractivity contribution in [3.05, 3.63) is 415 Å². The van der Waals surface area contributed by atoms with Gasteiger partial charge in [0.15, 0.2) is 0 Å². The lowest BCUT2D eigenvalue weighted by Gasteiger charge is -2.25. The normalized spacial score (nSPS) is 10.8. The molecule has 18 rings (SSSR count). The van der Waals surface area contributed by atoms with E-state index in [2.05, 4.69) is 324 Å². The van der Waals surface area contributed by atoms with Gasteiger partial charge in [0.2, 0.25) is 0 Å². The van der Waals surface area contributed by atoms with Gasteiger partial charge in [-0.3, -0.25) is 0 Å². The lowest BCUT2D eigenvalue weighted by molar-refractivity contribution is 0.395. The monoisotopic (exact) mass is 1840 g/mol. The molecule has 0 bridgehead atoms. The molecule has 0 saturated carbocycles. The summed E-state index contributed by atoms with van der Waals surface area (Å²) in [7, 11) is 6.59. The number of anilines is 6. The van der Waals surface area contributed by atoms with E-state index < -0.39 is 0 Å². The third-order valence-corrected chi connectivity index (χ3v) is 24.9. The maximum absolute atomic E-state index is 10.4. The molecule has 0 aliphatic rings. The highest BCUT2D eigenvalue weighted by atomic mass is 35.5. The molecule has 14 aromatic carbocycles. The summed E-state index contributed by atoms with van der Waals surface area (Å²) in [5.41, 5.74) is 33.2. The van der Waals surface area contributed by atoms with E-state index in [4.69, 9.17) is 62.1 Å². The molecule has 0 atom stereocenters. The van der Waals surface area contributed by atoms with Gasteiger partial charge in [0.05, 0.1) is 74.0 Å². The Balaban J connectivity index is 0.000000141. The van der Waals surface area contributed by atoms with Gasteiger partial charge in [-0.1, -0.05) is 235 Å². The first-order chi connectivity index (χ1) is 66.9. The molecular formula is C122H114Cl2N8O5. The number of hydrogen-bond donors (Lipinski definition) is 1. The molecule has 0 radical (unpaired) electrons. The summed E-state index contributed by atoms with van der Waals surface area (Å²) in [4.78, 5) is 29.2. The second-order valence-electron chi connectivity index (χ2n) is 33.0. The third-order valence-electron chi connectivity index (χ3n) is 24.4. The van der Waals surface area contributed by atoms with Crippen molar-refractivity contribution >= 4 is 57.3 Å². The molecule has 18 aromatic rings. The number of aromatic nitrogens is 4. The first-order valence-electron chi connectivity index (χ1n) is 46.5. The summed E-state index contributed by atoms with van der Waals surface area (Å²) in [6.45, 7) is 23.3. The van der Waals surface area contributed by atoms with E-state index in [-0.39, 0.29) is 5.75 Å². The van der Waals surface area contributed by atoms with Crippen molar-refractivity contribution in [2.45, 2.75) is 55.4 Å². The zero-order valence-electron chi connectivity index (χ0n) is 79.7. The zero-order chi connectivity index (χ0) is 95.7. The lowest BCUT2D eigenvalue weighted by Crippen LogP contribution is -2.21. The molecule has 0 fully saturated rings. The molecule has 0 spiro atoms. The van der Waals surface area contributed by atoms with Crippen LogP contribution in [0.15, 0.2) is 394 Å². The fourth-order valence-electron chi connectivity index (χ4n) is 16.7. The van der Waals surface area contributed by atoms with Gasteiger partial charge in [-0.25, -0.2) is 19.9 Å². The molecule has 686 valence electrons. The second-order valence-corrected chi connectivity index (χ2v) is 33.9. The number of aryl methyl sites for hydroxylation is 2. The van der Waals surface area contributed by atoms with Gasteiger partial charge >= 0.3 is 0 Å². The maximum atomic E-state index is 10.4. The average Bonchev–Trinajstić information content (AvgIpc) is 0.779. The smallest absolute Gasteiger partial charge is 0.131 e. The third kappa shape index (κ3) is 24.0. The van der Waals surface area contributed by atoms with Gasteiger partial charge in [-0.2, -0.15) is 0 Å². The molecule has 4 aromatic heterocycles.